The zero-order valence-corrected chi connectivity index (χ0v) is 14.2. The number of anilines is 1. The first-order chi connectivity index (χ1) is 10.1. The van der Waals surface area contributed by atoms with Crippen molar-refractivity contribution in [3.8, 4) is 0 Å². The number of rotatable bonds is 3. The van der Waals surface area contributed by atoms with Crippen molar-refractivity contribution in [3.05, 3.63) is 63.4 Å². The Labute approximate surface area is 138 Å². The number of nitrogens with zero attached hydrogens (tertiary/aromatic N) is 1. The molecule has 1 aromatic heterocycles. The predicted molar refractivity (Wildman–Crippen MR) is 98.6 cm³/mol. The number of halogens is 1. The Morgan fingerprint density at radius 3 is 2.43 bits per heavy atom. The minimum atomic E-state index is 0.878. The lowest BCUT2D eigenvalue weighted by Crippen LogP contribution is -2.07. The summed E-state index contributed by atoms with van der Waals surface area (Å²) >= 11 is 2.31. The standard InChI is InChI=1S/C18H16INO/c1-20(2)16-7-3-13(4-8-16)5-9-17-12-14-11-15(19)6-10-18(14)21-17/h3-12H,1-2H3/b9-5+. The maximum Gasteiger partial charge on any atom is 0.134 e. The average Bonchev–Trinajstić information content (AvgIpc) is 2.87. The number of hydrogen-bond acceptors (Lipinski definition) is 2. The van der Waals surface area contributed by atoms with E-state index < -0.39 is 0 Å². The normalized spacial score (nSPS) is 11.4. The summed E-state index contributed by atoms with van der Waals surface area (Å²) in [4.78, 5) is 2.09. The van der Waals surface area contributed by atoms with Crippen molar-refractivity contribution in [2.24, 2.45) is 0 Å². The highest BCUT2D eigenvalue weighted by Gasteiger charge is 2.01. The topological polar surface area (TPSA) is 16.4 Å². The molecular weight excluding hydrogens is 373 g/mol. The van der Waals surface area contributed by atoms with Crippen molar-refractivity contribution in [2.45, 2.75) is 0 Å². The van der Waals surface area contributed by atoms with Crippen molar-refractivity contribution >= 4 is 51.4 Å². The van der Waals surface area contributed by atoms with Crippen LogP contribution in [0.4, 0.5) is 5.69 Å². The van der Waals surface area contributed by atoms with Gasteiger partial charge >= 0.3 is 0 Å². The fraction of sp³-hybridized carbons (Fsp3) is 0.111. The second-order valence-corrected chi connectivity index (χ2v) is 6.40. The summed E-state index contributed by atoms with van der Waals surface area (Å²) in [6, 6.07) is 16.7. The molecule has 0 atom stereocenters. The van der Waals surface area contributed by atoms with Gasteiger partial charge in [0.1, 0.15) is 11.3 Å². The lowest BCUT2D eigenvalue weighted by atomic mass is 10.2. The maximum atomic E-state index is 5.81. The molecule has 0 bridgehead atoms. The third-order valence-electron chi connectivity index (χ3n) is 3.35. The van der Waals surface area contributed by atoms with Crippen molar-refractivity contribution < 1.29 is 4.42 Å². The molecule has 3 rings (SSSR count). The second kappa shape index (κ2) is 5.93. The summed E-state index contributed by atoms with van der Waals surface area (Å²) < 4.78 is 7.03. The number of benzene rings is 2. The molecule has 0 radical (unpaired) electrons. The molecule has 2 aromatic carbocycles. The van der Waals surface area contributed by atoms with Gasteiger partial charge in [-0.15, -0.1) is 0 Å². The molecule has 0 saturated heterocycles. The Bertz CT molecular complexity index is 785. The Morgan fingerprint density at radius 2 is 1.71 bits per heavy atom. The molecule has 0 aliphatic carbocycles. The van der Waals surface area contributed by atoms with Crippen LogP contribution >= 0.6 is 22.6 Å². The minimum absolute atomic E-state index is 0.878. The summed E-state index contributed by atoms with van der Waals surface area (Å²) in [6.07, 6.45) is 4.08. The van der Waals surface area contributed by atoms with Gasteiger partial charge < -0.3 is 9.32 Å². The highest BCUT2D eigenvalue weighted by atomic mass is 127. The smallest absolute Gasteiger partial charge is 0.134 e. The van der Waals surface area contributed by atoms with Gasteiger partial charge in [-0.1, -0.05) is 18.2 Å². The van der Waals surface area contributed by atoms with Crippen LogP contribution in [-0.2, 0) is 0 Å². The quantitative estimate of drug-likeness (QED) is 0.568. The van der Waals surface area contributed by atoms with E-state index in [-0.39, 0.29) is 0 Å². The van der Waals surface area contributed by atoms with Gasteiger partial charge in [-0.3, -0.25) is 0 Å². The molecule has 3 heteroatoms. The lowest BCUT2D eigenvalue weighted by molar-refractivity contribution is 0.604. The van der Waals surface area contributed by atoms with Crippen molar-refractivity contribution in [2.75, 3.05) is 19.0 Å². The van der Waals surface area contributed by atoms with E-state index >= 15 is 0 Å². The molecule has 21 heavy (non-hydrogen) atoms. The Hall–Kier alpha value is -1.75. The average molecular weight is 389 g/mol. The Kier molecular flexibility index (Phi) is 4.01. The van der Waals surface area contributed by atoms with E-state index in [1.807, 2.05) is 26.2 Å². The van der Waals surface area contributed by atoms with Gasteiger partial charge in [-0.25, -0.2) is 0 Å². The first-order valence-electron chi connectivity index (χ1n) is 6.76. The second-order valence-electron chi connectivity index (χ2n) is 5.15. The maximum absolute atomic E-state index is 5.81. The molecule has 106 valence electrons. The lowest BCUT2D eigenvalue weighted by Gasteiger charge is -2.11. The Morgan fingerprint density at radius 1 is 0.952 bits per heavy atom. The fourth-order valence-electron chi connectivity index (χ4n) is 2.18. The van der Waals surface area contributed by atoms with Crippen LogP contribution in [-0.4, -0.2) is 14.1 Å². The van der Waals surface area contributed by atoms with E-state index in [0.29, 0.717) is 0 Å². The minimum Gasteiger partial charge on any atom is -0.457 e. The van der Waals surface area contributed by atoms with Gasteiger partial charge in [0.2, 0.25) is 0 Å². The van der Waals surface area contributed by atoms with Crippen molar-refractivity contribution in [3.63, 3.8) is 0 Å². The van der Waals surface area contributed by atoms with Gasteiger partial charge in [0.05, 0.1) is 0 Å². The predicted octanol–water partition coefficient (Wildman–Crippen LogP) is 5.27. The van der Waals surface area contributed by atoms with Crippen LogP contribution < -0.4 is 4.90 Å². The molecule has 0 aliphatic rings. The molecule has 0 aliphatic heterocycles. The van der Waals surface area contributed by atoms with E-state index in [1.165, 1.54) is 9.26 Å². The monoisotopic (exact) mass is 389 g/mol. The molecule has 0 N–H and O–H groups in total. The zero-order valence-electron chi connectivity index (χ0n) is 12.0. The largest absolute Gasteiger partial charge is 0.457 e. The van der Waals surface area contributed by atoms with Gasteiger partial charge in [0.15, 0.2) is 0 Å². The Balaban J connectivity index is 1.83. The summed E-state index contributed by atoms with van der Waals surface area (Å²) in [5.41, 5.74) is 3.29. The molecule has 0 saturated carbocycles. The van der Waals surface area contributed by atoms with Gasteiger partial charge in [0.25, 0.3) is 0 Å². The van der Waals surface area contributed by atoms with Gasteiger partial charge in [-0.05, 0) is 70.6 Å². The third kappa shape index (κ3) is 3.29. The third-order valence-corrected chi connectivity index (χ3v) is 4.02. The highest BCUT2D eigenvalue weighted by molar-refractivity contribution is 14.1. The van der Waals surface area contributed by atoms with E-state index in [9.17, 15) is 0 Å². The summed E-state index contributed by atoms with van der Waals surface area (Å²) in [5, 5.41) is 1.14. The molecule has 0 amide bonds. The molecule has 1 heterocycles. The van der Waals surface area contributed by atoms with Crippen molar-refractivity contribution in [1.29, 1.82) is 0 Å². The highest BCUT2D eigenvalue weighted by Crippen LogP contribution is 2.23. The summed E-state index contributed by atoms with van der Waals surface area (Å²) in [5.74, 6) is 0.878. The molecule has 0 fully saturated rings. The van der Waals surface area contributed by atoms with Crippen LogP contribution in [0.25, 0.3) is 23.1 Å². The van der Waals surface area contributed by atoms with Crippen LogP contribution in [0.15, 0.2) is 52.9 Å². The molecule has 2 nitrogen and oxygen atoms in total. The number of hydrogen-bond donors (Lipinski definition) is 0. The van der Waals surface area contributed by atoms with Crippen LogP contribution in [0, 0.1) is 3.57 Å². The van der Waals surface area contributed by atoms with Gasteiger partial charge in [0, 0.05) is 28.7 Å². The first kappa shape index (κ1) is 14.2. The van der Waals surface area contributed by atoms with Crippen molar-refractivity contribution in [1.82, 2.24) is 0 Å². The van der Waals surface area contributed by atoms with E-state index in [0.717, 1.165) is 22.3 Å². The summed E-state index contributed by atoms with van der Waals surface area (Å²) in [7, 11) is 4.08. The molecule has 3 aromatic rings. The van der Waals surface area contributed by atoms with E-state index in [2.05, 4.69) is 76.0 Å². The zero-order chi connectivity index (χ0) is 14.8. The fourth-order valence-corrected chi connectivity index (χ4v) is 2.69. The first-order valence-corrected chi connectivity index (χ1v) is 7.84. The molecular formula is C18H16INO. The molecule has 0 unspecified atom stereocenters. The van der Waals surface area contributed by atoms with Gasteiger partial charge in [-0.2, -0.15) is 0 Å². The van der Waals surface area contributed by atoms with Crippen LogP contribution in [0.2, 0.25) is 0 Å². The van der Waals surface area contributed by atoms with Crippen LogP contribution in [0.3, 0.4) is 0 Å². The van der Waals surface area contributed by atoms with Crippen LogP contribution in [0.1, 0.15) is 11.3 Å². The number of fused-ring (bicyclic) bond motifs is 1. The van der Waals surface area contributed by atoms with E-state index in [1.54, 1.807) is 0 Å². The SMILES string of the molecule is CN(C)c1ccc(/C=C/c2cc3cc(I)ccc3o2)cc1. The number of furan rings is 1. The van der Waals surface area contributed by atoms with Crippen LogP contribution in [0.5, 0.6) is 0 Å². The molecule has 0 spiro atoms. The van der Waals surface area contributed by atoms with E-state index in [4.69, 9.17) is 4.42 Å². The summed E-state index contributed by atoms with van der Waals surface area (Å²) in [6.45, 7) is 0.